The molecule has 0 saturated heterocycles. The first kappa shape index (κ1) is 12.1. The van der Waals surface area contributed by atoms with Gasteiger partial charge in [0.2, 0.25) is 5.91 Å². The molecule has 3 N–H and O–H groups in total. The molecule has 0 unspecified atom stereocenters. The van der Waals surface area contributed by atoms with Crippen molar-refractivity contribution in [2.75, 3.05) is 0 Å². The maximum Gasteiger partial charge on any atom is 0.237 e. The summed E-state index contributed by atoms with van der Waals surface area (Å²) in [4.78, 5) is 22.4. The van der Waals surface area contributed by atoms with Gasteiger partial charge in [0.05, 0.1) is 12.1 Å². The van der Waals surface area contributed by atoms with E-state index in [1.54, 1.807) is 27.7 Å². The van der Waals surface area contributed by atoms with Crippen LogP contribution in [0.5, 0.6) is 0 Å². The van der Waals surface area contributed by atoms with Crippen molar-refractivity contribution in [1.82, 2.24) is 5.32 Å². The van der Waals surface area contributed by atoms with E-state index in [0.717, 1.165) is 0 Å². The van der Waals surface area contributed by atoms with Gasteiger partial charge < -0.3 is 11.1 Å². The van der Waals surface area contributed by atoms with E-state index in [0.29, 0.717) is 0 Å². The fraction of sp³-hybridized carbons (Fsp3) is 0.778. The summed E-state index contributed by atoms with van der Waals surface area (Å²) in [5.41, 5.74) is 5.34. The highest BCUT2D eigenvalue weighted by molar-refractivity contribution is 5.91. The molecule has 1 amide bonds. The van der Waals surface area contributed by atoms with Gasteiger partial charge in [0.25, 0.3) is 0 Å². The second kappa shape index (κ2) is 4.97. The van der Waals surface area contributed by atoms with Crippen LogP contribution in [0.15, 0.2) is 0 Å². The predicted molar refractivity (Wildman–Crippen MR) is 51.1 cm³/mol. The molecule has 0 heterocycles. The lowest BCUT2D eigenvalue weighted by Gasteiger charge is -2.16. The van der Waals surface area contributed by atoms with Crippen molar-refractivity contribution in [2.24, 2.45) is 11.7 Å². The molecule has 0 rings (SSSR count). The quantitative estimate of drug-likeness (QED) is 0.652. The Hall–Kier alpha value is -0.900. The number of nitrogens with one attached hydrogen (secondary N) is 1. The number of amides is 1. The van der Waals surface area contributed by atoms with Gasteiger partial charge in [0.15, 0.2) is 5.78 Å². The molecule has 0 saturated carbocycles. The second-order valence-corrected chi connectivity index (χ2v) is 3.58. The van der Waals surface area contributed by atoms with Crippen LogP contribution in [-0.4, -0.2) is 23.8 Å². The Bertz CT molecular complexity index is 200. The number of Topliss-reactive ketones (excluding diaryl/α,β-unsaturated/α-hetero) is 1. The summed E-state index contributed by atoms with van der Waals surface area (Å²) in [5, 5.41) is 2.55. The molecule has 0 spiro atoms. The van der Waals surface area contributed by atoms with Crippen molar-refractivity contribution in [3.63, 3.8) is 0 Å². The fourth-order valence-electron chi connectivity index (χ4n) is 0.916. The van der Waals surface area contributed by atoms with Crippen LogP contribution in [-0.2, 0) is 9.59 Å². The first-order chi connectivity index (χ1) is 5.86. The smallest absolute Gasteiger partial charge is 0.237 e. The highest BCUT2D eigenvalue weighted by atomic mass is 16.2. The minimum Gasteiger partial charge on any atom is -0.345 e. The maximum absolute atomic E-state index is 11.3. The van der Waals surface area contributed by atoms with Crippen LogP contribution in [0, 0.1) is 5.92 Å². The molecular weight excluding hydrogens is 168 g/mol. The van der Waals surface area contributed by atoms with Crippen LogP contribution in [0.3, 0.4) is 0 Å². The SMILES string of the molecule is CC(C)C(=O)[C@H](C)NC(=O)[C@H](C)N. The van der Waals surface area contributed by atoms with Gasteiger partial charge in [-0.1, -0.05) is 13.8 Å². The zero-order valence-electron chi connectivity index (χ0n) is 8.63. The van der Waals surface area contributed by atoms with E-state index in [4.69, 9.17) is 5.73 Å². The van der Waals surface area contributed by atoms with Crippen molar-refractivity contribution in [3.05, 3.63) is 0 Å². The molecule has 0 aromatic heterocycles. The molecule has 0 aliphatic heterocycles. The third-order valence-electron chi connectivity index (χ3n) is 1.77. The predicted octanol–water partition coefficient (Wildman–Crippen LogP) is 0.0634. The van der Waals surface area contributed by atoms with Gasteiger partial charge in [-0.05, 0) is 13.8 Å². The number of hydrogen-bond acceptors (Lipinski definition) is 3. The van der Waals surface area contributed by atoms with Gasteiger partial charge in [-0.2, -0.15) is 0 Å². The number of ketones is 1. The molecule has 0 radical (unpaired) electrons. The summed E-state index contributed by atoms with van der Waals surface area (Å²) in [6, 6.07) is -1.01. The van der Waals surface area contributed by atoms with Crippen molar-refractivity contribution in [3.8, 4) is 0 Å². The Labute approximate surface area is 78.9 Å². The zero-order chi connectivity index (χ0) is 10.6. The summed E-state index contributed by atoms with van der Waals surface area (Å²) in [5.74, 6) is -0.334. The zero-order valence-corrected chi connectivity index (χ0v) is 8.63. The number of nitrogens with two attached hydrogens (primary N) is 1. The summed E-state index contributed by atoms with van der Waals surface area (Å²) in [6.45, 7) is 6.86. The van der Waals surface area contributed by atoms with Crippen LogP contribution in [0.25, 0.3) is 0 Å². The van der Waals surface area contributed by atoms with E-state index < -0.39 is 12.1 Å². The molecule has 4 nitrogen and oxygen atoms in total. The van der Waals surface area contributed by atoms with E-state index in [2.05, 4.69) is 5.32 Å². The van der Waals surface area contributed by atoms with Crippen LogP contribution in [0.4, 0.5) is 0 Å². The molecule has 2 atom stereocenters. The Morgan fingerprint density at radius 3 is 1.92 bits per heavy atom. The largest absolute Gasteiger partial charge is 0.345 e. The van der Waals surface area contributed by atoms with E-state index in [1.807, 2.05) is 0 Å². The molecule has 0 fully saturated rings. The molecular formula is C9H18N2O2. The normalized spacial score (nSPS) is 15.2. The van der Waals surface area contributed by atoms with Crippen LogP contribution in [0.1, 0.15) is 27.7 Å². The van der Waals surface area contributed by atoms with Gasteiger partial charge >= 0.3 is 0 Å². The maximum atomic E-state index is 11.3. The second-order valence-electron chi connectivity index (χ2n) is 3.58. The number of carbonyl (C=O) groups excluding carboxylic acids is 2. The molecule has 0 aromatic carbocycles. The fourth-order valence-corrected chi connectivity index (χ4v) is 0.916. The first-order valence-electron chi connectivity index (χ1n) is 4.46. The summed E-state index contributed by atoms with van der Waals surface area (Å²) in [6.07, 6.45) is 0. The molecule has 0 aliphatic carbocycles. The summed E-state index contributed by atoms with van der Waals surface area (Å²) in [7, 11) is 0. The van der Waals surface area contributed by atoms with Crippen molar-refractivity contribution >= 4 is 11.7 Å². The van der Waals surface area contributed by atoms with E-state index >= 15 is 0 Å². The van der Waals surface area contributed by atoms with Crippen LogP contribution >= 0.6 is 0 Å². The average Bonchev–Trinajstić information content (AvgIpc) is 2.02. The number of carbonyl (C=O) groups is 2. The molecule has 0 bridgehead atoms. The standard InChI is InChI=1S/C9H18N2O2/c1-5(2)8(12)7(4)11-9(13)6(3)10/h5-7H,10H2,1-4H3,(H,11,13)/t6-,7-/m0/s1. The monoisotopic (exact) mass is 186 g/mol. The minimum atomic E-state index is -0.567. The summed E-state index contributed by atoms with van der Waals surface area (Å²) < 4.78 is 0. The lowest BCUT2D eigenvalue weighted by Crippen LogP contribution is -2.46. The van der Waals surface area contributed by atoms with Crippen molar-refractivity contribution in [1.29, 1.82) is 0 Å². The molecule has 0 aliphatic rings. The van der Waals surface area contributed by atoms with Gasteiger partial charge in [-0.3, -0.25) is 9.59 Å². The lowest BCUT2D eigenvalue weighted by atomic mass is 10.0. The Morgan fingerprint density at radius 2 is 1.62 bits per heavy atom. The molecule has 76 valence electrons. The van der Waals surface area contributed by atoms with Crippen LogP contribution in [0.2, 0.25) is 0 Å². The Morgan fingerprint density at radius 1 is 1.15 bits per heavy atom. The lowest BCUT2D eigenvalue weighted by molar-refractivity contribution is -0.129. The third kappa shape index (κ3) is 4.03. The first-order valence-corrected chi connectivity index (χ1v) is 4.46. The van der Waals surface area contributed by atoms with Gasteiger partial charge in [-0.25, -0.2) is 0 Å². The van der Waals surface area contributed by atoms with Crippen LogP contribution < -0.4 is 11.1 Å². The van der Waals surface area contributed by atoms with E-state index in [-0.39, 0.29) is 17.6 Å². The van der Waals surface area contributed by atoms with E-state index in [9.17, 15) is 9.59 Å². The molecule has 13 heavy (non-hydrogen) atoms. The van der Waals surface area contributed by atoms with Gasteiger partial charge in [-0.15, -0.1) is 0 Å². The number of rotatable bonds is 4. The van der Waals surface area contributed by atoms with Gasteiger partial charge in [0.1, 0.15) is 0 Å². The van der Waals surface area contributed by atoms with Crippen molar-refractivity contribution in [2.45, 2.75) is 39.8 Å². The van der Waals surface area contributed by atoms with Gasteiger partial charge in [0, 0.05) is 5.92 Å². The average molecular weight is 186 g/mol. The Kier molecular flexibility index (Phi) is 4.62. The molecule has 4 heteroatoms. The topological polar surface area (TPSA) is 72.2 Å². The molecule has 0 aromatic rings. The van der Waals surface area contributed by atoms with E-state index in [1.165, 1.54) is 0 Å². The highest BCUT2D eigenvalue weighted by Crippen LogP contribution is 1.99. The number of hydrogen-bond donors (Lipinski definition) is 2. The minimum absolute atomic E-state index is 0.0222. The Balaban J connectivity index is 4.08. The third-order valence-corrected chi connectivity index (χ3v) is 1.77. The van der Waals surface area contributed by atoms with Crippen molar-refractivity contribution < 1.29 is 9.59 Å². The summed E-state index contributed by atoms with van der Waals surface area (Å²) >= 11 is 0. The highest BCUT2D eigenvalue weighted by Gasteiger charge is 2.19.